The smallest absolute Gasteiger partial charge is 0.264 e. The molecular weight excluding hydrogens is 628 g/mol. The second-order valence-corrected chi connectivity index (χ2v) is 13.0. The van der Waals surface area contributed by atoms with Gasteiger partial charge in [-0.1, -0.05) is 83.5 Å². The Bertz CT molecular complexity index is 1500. The Kier molecular flexibility index (Phi) is 11.8. The van der Waals surface area contributed by atoms with Gasteiger partial charge in [-0.3, -0.25) is 13.9 Å². The Balaban J connectivity index is 2.05. The van der Waals surface area contributed by atoms with Crippen molar-refractivity contribution in [2.75, 3.05) is 17.4 Å². The summed E-state index contributed by atoms with van der Waals surface area (Å²) in [5.41, 5.74) is 1.55. The van der Waals surface area contributed by atoms with Gasteiger partial charge >= 0.3 is 0 Å². The average molecular weight is 659 g/mol. The van der Waals surface area contributed by atoms with Crippen LogP contribution in [0.1, 0.15) is 37.8 Å². The standard InChI is InChI=1S/C29H31Cl4N3O4S/c1-4-5-14-34-29(38)20(3)35(17-21-8-9-22(30)15-26(21)32)28(37)18-36(23-10-13-25(31)27(33)16-23)41(39,40)24-11-6-19(2)7-12-24/h6-13,15-16,20H,4-5,14,17-18H2,1-3H3,(H,34,38). The SMILES string of the molecule is CCCCNC(=O)C(C)N(Cc1ccc(Cl)cc1Cl)C(=O)CN(c1ccc(Cl)c(Cl)c1)S(=O)(=O)c1ccc(C)cc1. The van der Waals surface area contributed by atoms with Gasteiger partial charge in [0.2, 0.25) is 11.8 Å². The Morgan fingerprint density at radius 3 is 2.20 bits per heavy atom. The second-order valence-electron chi connectivity index (χ2n) is 9.50. The molecule has 0 radical (unpaired) electrons. The number of halogens is 4. The number of aryl methyl sites for hydroxylation is 1. The van der Waals surface area contributed by atoms with Crippen LogP contribution in [0.4, 0.5) is 5.69 Å². The lowest BCUT2D eigenvalue weighted by Crippen LogP contribution is -2.51. The highest BCUT2D eigenvalue weighted by Crippen LogP contribution is 2.31. The van der Waals surface area contributed by atoms with Gasteiger partial charge in [-0.2, -0.15) is 0 Å². The summed E-state index contributed by atoms with van der Waals surface area (Å²) in [6, 6.07) is 14.4. The summed E-state index contributed by atoms with van der Waals surface area (Å²) in [6.45, 7) is 5.19. The number of amides is 2. The van der Waals surface area contributed by atoms with Crippen molar-refractivity contribution in [2.45, 2.75) is 51.1 Å². The van der Waals surface area contributed by atoms with Crippen molar-refractivity contribution in [1.82, 2.24) is 10.2 Å². The summed E-state index contributed by atoms with van der Waals surface area (Å²) in [5.74, 6) is -1.00. The molecule has 3 aromatic carbocycles. The van der Waals surface area contributed by atoms with Gasteiger partial charge in [-0.25, -0.2) is 8.42 Å². The maximum absolute atomic E-state index is 14.0. The fourth-order valence-corrected chi connectivity index (χ4v) is 6.13. The highest BCUT2D eigenvalue weighted by atomic mass is 35.5. The Labute approximate surface area is 261 Å². The van der Waals surface area contributed by atoms with Gasteiger partial charge in [0.25, 0.3) is 10.0 Å². The average Bonchev–Trinajstić information content (AvgIpc) is 2.92. The predicted octanol–water partition coefficient (Wildman–Crippen LogP) is 7.14. The highest BCUT2D eigenvalue weighted by Gasteiger charge is 2.33. The predicted molar refractivity (Wildman–Crippen MR) is 167 cm³/mol. The lowest BCUT2D eigenvalue weighted by molar-refractivity contribution is -0.139. The van der Waals surface area contributed by atoms with E-state index in [1.165, 1.54) is 41.3 Å². The van der Waals surface area contributed by atoms with E-state index in [1.54, 1.807) is 31.2 Å². The first-order chi connectivity index (χ1) is 19.3. The Hall–Kier alpha value is -2.49. The summed E-state index contributed by atoms with van der Waals surface area (Å²) < 4.78 is 28.7. The molecule has 0 aromatic heterocycles. The molecule has 0 aliphatic rings. The molecule has 2 amide bonds. The Morgan fingerprint density at radius 2 is 1.59 bits per heavy atom. The third-order valence-corrected chi connectivity index (χ3v) is 9.55. The van der Waals surface area contributed by atoms with Crippen LogP contribution in [0, 0.1) is 6.92 Å². The van der Waals surface area contributed by atoms with Crippen molar-refractivity contribution in [3.8, 4) is 0 Å². The molecular formula is C29H31Cl4N3O4S. The zero-order chi connectivity index (χ0) is 30.3. The number of hydrogen-bond donors (Lipinski definition) is 1. The second kappa shape index (κ2) is 14.6. The van der Waals surface area contributed by atoms with Crippen LogP contribution in [-0.2, 0) is 26.2 Å². The first-order valence-corrected chi connectivity index (χ1v) is 15.9. The van der Waals surface area contributed by atoms with Crippen LogP contribution in [0.2, 0.25) is 20.1 Å². The Morgan fingerprint density at radius 1 is 0.902 bits per heavy atom. The van der Waals surface area contributed by atoms with Crippen molar-refractivity contribution in [3.63, 3.8) is 0 Å². The number of anilines is 1. The van der Waals surface area contributed by atoms with Crippen molar-refractivity contribution < 1.29 is 18.0 Å². The zero-order valence-corrected chi connectivity index (χ0v) is 26.7. The van der Waals surface area contributed by atoms with Crippen molar-refractivity contribution in [2.24, 2.45) is 0 Å². The monoisotopic (exact) mass is 657 g/mol. The molecule has 0 saturated carbocycles. The van der Waals surface area contributed by atoms with Crippen molar-refractivity contribution in [1.29, 1.82) is 0 Å². The first-order valence-electron chi connectivity index (χ1n) is 12.9. The topological polar surface area (TPSA) is 86.8 Å². The van der Waals surface area contributed by atoms with E-state index in [0.29, 0.717) is 22.2 Å². The number of rotatable bonds is 12. The normalized spacial score (nSPS) is 12.1. The van der Waals surface area contributed by atoms with E-state index < -0.39 is 28.5 Å². The third-order valence-electron chi connectivity index (χ3n) is 6.43. The minimum absolute atomic E-state index is 0.0142. The van der Waals surface area contributed by atoms with E-state index in [-0.39, 0.29) is 33.1 Å². The minimum Gasteiger partial charge on any atom is -0.354 e. The molecule has 0 aliphatic carbocycles. The fraction of sp³-hybridized carbons (Fsp3) is 0.310. The molecule has 1 atom stereocenters. The molecule has 0 bridgehead atoms. The maximum Gasteiger partial charge on any atom is 0.264 e. The molecule has 3 aromatic rings. The molecule has 7 nitrogen and oxygen atoms in total. The maximum atomic E-state index is 14.0. The van der Waals surface area contributed by atoms with Gasteiger partial charge in [0.15, 0.2) is 0 Å². The van der Waals surface area contributed by atoms with E-state index in [2.05, 4.69) is 5.32 Å². The van der Waals surface area contributed by atoms with Crippen LogP contribution in [0.25, 0.3) is 0 Å². The van der Waals surface area contributed by atoms with Crippen LogP contribution in [0.3, 0.4) is 0 Å². The van der Waals surface area contributed by atoms with Gasteiger partial charge in [0.1, 0.15) is 12.6 Å². The molecule has 220 valence electrons. The summed E-state index contributed by atoms with van der Waals surface area (Å²) in [5, 5.41) is 3.91. The minimum atomic E-state index is -4.24. The largest absolute Gasteiger partial charge is 0.354 e. The molecule has 0 heterocycles. The lowest BCUT2D eigenvalue weighted by atomic mass is 10.1. The van der Waals surface area contributed by atoms with E-state index in [9.17, 15) is 18.0 Å². The summed E-state index contributed by atoms with van der Waals surface area (Å²) in [7, 11) is -4.24. The molecule has 12 heteroatoms. The van der Waals surface area contributed by atoms with E-state index >= 15 is 0 Å². The molecule has 41 heavy (non-hydrogen) atoms. The molecule has 0 fully saturated rings. The lowest BCUT2D eigenvalue weighted by Gasteiger charge is -2.32. The van der Waals surface area contributed by atoms with E-state index in [1.807, 2.05) is 13.8 Å². The van der Waals surface area contributed by atoms with Crippen molar-refractivity contribution in [3.05, 3.63) is 91.9 Å². The summed E-state index contributed by atoms with van der Waals surface area (Å²) in [4.78, 5) is 28.3. The third kappa shape index (κ3) is 8.52. The van der Waals surface area contributed by atoms with E-state index in [0.717, 1.165) is 22.7 Å². The molecule has 3 rings (SSSR count). The number of carbonyl (C=O) groups is 2. The quantitative estimate of drug-likeness (QED) is 0.210. The van der Waals surface area contributed by atoms with Crippen LogP contribution >= 0.6 is 46.4 Å². The summed E-state index contributed by atoms with van der Waals surface area (Å²) >= 11 is 24.8. The van der Waals surface area contributed by atoms with Gasteiger partial charge in [0.05, 0.1) is 20.6 Å². The zero-order valence-electron chi connectivity index (χ0n) is 22.8. The van der Waals surface area contributed by atoms with Crippen LogP contribution in [-0.4, -0.2) is 44.3 Å². The molecule has 0 saturated heterocycles. The number of carbonyl (C=O) groups excluding carboxylic acids is 2. The highest BCUT2D eigenvalue weighted by molar-refractivity contribution is 7.92. The molecule has 0 spiro atoms. The number of hydrogen-bond acceptors (Lipinski definition) is 4. The van der Waals surface area contributed by atoms with Gasteiger partial charge in [0, 0.05) is 23.1 Å². The molecule has 0 aliphatic heterocycles. The molecule has 1 unspecified atom stereocenters. The van der Waals surface area contributed by atoms with Crippen LogP contribution < -0.4 is 9.62 Å². The van der Waals surface area contributed by atoms with E-state index in [4.69, 9.17) is 46.4 Å². The van der Waals surface area contributed by atoms with Crippen LogP contribution in [0.5, 0.6) is 0 Å². The van der Waals surface area contributed by atoms with Crippen molar-refractivity contribution >= 4 is 73.9 Å². The van der Waals surface area contributed by atoms with Crippen LogP contribution in [0.15, 0.2) is 65.6 Å². The van der Waals surface area contributed by atoms with Gasteiger partial charge in [-0.05, 0) is 68.3 Å². The fourth-order valence-electron chi connectivity index (χ4n) is 3.96. The number of nitrogens with zero attached hydrogens (tertiary/aromatic N) is 2. The number of sulfonamides is 1. The number of benzene rings is 3. The number of unbranched alkanes of at least 4 members (excludes halogenated alkanes) is 1. The summed E-state index contributed by atoms with van der Waals surface area (Å²) in [6.07, 6.45) is 1.66. The molecule has 1 N–H and O–H groups in total. The van der Waals surface area contributed by atoms with Gasteiger partial charge < -0.3 is 10.2 Å². The first kappa shape index (κ1) is 33.0. The van der Waals surface area contributed by atoms with Gasteiger partial charge in [-0.15, -0.1) is 0 Å². The number of nitrogens with one attached hydrogen (secondary N) is 1.